The Hall–Kier alpha value is 0. The Balaban J connectivity index is 2.02. The second-order valence-corrected chi connectivity index (χ2v) is 11.7. The first kappa shape index (κ1) is 15.5. The van der Waals surface area contributed by atoms with Crippen LogP contribution in [-0.4, -0.2) is 0 Å². The Bertz CT molecular complexity index is 560. The summed E-state index contributed by atoms with van der Waals surface area (Å²) < 4.78 is 0. The summed E-state index contributed by atoms with van der Waals surface area (Å²) in [6.45, 7) is 31.3. The molecule has 0 bridgehead atoms. The van der Waals surface area contributed by atoms with Gasteiger partial charge in [-0.3, -0.25) is 0 Å². The SMILES string of the molecule is CC1C(C)C2(C)C1(C)C1(C)C3(C)C(C)(C)C(C)(C)C3(C)C21C. The molecule has 0 radical (unpaired) electrons. The van der Waals surface area contributed by atoms with E-state index in [1.807, 2.05) is 0 Å². The molecule has 0 heterocycles. The maximum atomic E-state index is 2.68. The second kappa shape index (κ2) is 2.88. The van der Waals surface area contributed by atoms with Gasteiger partial charge in [0.15, 0.2) is 0 Å². The van der Waals surface area contributed by atoms with E-state index in [2.05, 4.69) is 83.1 Å². The van der Waals surface area contributed by atoms with E-state index in [-0.39, 0.29) is 0 Å². The first-order valence-electron chi connectivity index (χ1n) is 9.57. The monoisotopic (exact) mass is 302 g/mol. The lowest BCUT2D eigenvalue weighted by Crippen LogP contribution is -3.07. The van der Waals surface area contributed by atoms with Crippen LogP contribution in [0.1, 0.15) is 83.1 Å². The first-order valence-corrected chi connectivity index (χ1v) is 9.57. The van der Waals surface area contributed by atoms with Gasteiger partial charge in [-0.15, -0.1) is 0 Å². The molecule has 4 aliphatic carbocycles. The van der Waals surface area contributed by atoms with Crippen LogP contribution in [0.15, 0.2) is 0 Å². The number of hydrogen-bond acceptors (Lipinski definition) is 0. The molecule has 4 aliphatic rings. The number of rotatable bonds is 0. The van der Waals surface area contributed by atoms with E-state index in [1.165, 1.54) is 0 Å². The quantitative estimate of drug-likeness (QED) is 0.485. The Labute approximate surface area is 138 Å². The average Bonchev–Trinajstić information content (AvgIpc) is 2.46. The lowest BCUT2D eigenvalue weighted by Gasteiger charge is -3.11. The fraction of sp³-hybridized carbons (Fsp3) is 1.00. The molecule has 0 aromatic carbocycles. The summed E-state index contributed by atoms with van der Waals surface area (Å²) in [5, 5.41) is 0. The predicted octanol–water partition coefficient (Wildman–Crippen LogP) is 6.40. The van der Waals surface area contributed by atoms with Gasteiger partial charge in [-0.1, -0.05) is 83.1 Å². The van der Waals surface area contributed by atoms with Crippen molar-refractivity contribution in [3.05, 3.63) is 0 Å². The van der Waals surface area contributed by atoms with Crippen molar-refractivity contribution in [2.75, 3.05) is 0 Å². The molecule has 22 heavy (non-hydrogen) atoms. The molecule has 4 rings (SSSR count). The third kappa shape index (κ3) is 0.643. The van der Waals surface area contributed by atoms with Gasteiger partial charge in [0.05, 0.1) is 0 Å². The Kier molecular flexibility index (Phi) is 2.03. The molecule has 126 valence electrons. The molecule has 0 nitrogen and oxygen atoms in total. The van der Waals surface area contributed by atoms with Crippen molar-refractivity contribution in [1.82, 2.24) is 0 Å². The van der Waals surface area contributed by atoms with Gasteiger partial charge in [0, 0.05) is 0 Å². The molecular formula is C22H38. The molecule has 8 atom stereocenters. The predicted molar refractivity (Wildman–Crippen MR) is 94.5 cm³/mol. The molecule has 0 aromatic heterocycles. The molecule has 0 aliphatic heterocycles. The van der Waals surface area contributed by atoms with E-state index in [0.29, 0.717) is 43.3 Å². The zero-order valence-electron chi connectivity index (χ0n) is 17.2. The minimum absolute atomic E-state index is 0.409. The molecule has 0 spiro atoms. The normalized spacial score (nSPS) is 72.5. The minimum atomic E-state index is 0.409. The zero-order valence-corrected chi connectivity index (χ0v) is 17.2. The number of hydrogen-bond donors (Lipinski definition) is 0. The van der Waals surface area contributed by atoms with Crippen LogP contribution in [0.2, 0.25) is 0 Å². The van der Waals surface area contributed by atoms with E-state index >= 15 is 0 Å². The standard InChI is InChI=1S/C22H38/c1-13-14(2)18(8)17(13,7)21(11)19(9)15(3,4)16(5,6)20(19,10)22(18,21)12/h13-14H,1-12H3. The van der Waals surface area contributed by atoms with Gasteiger partial charge >= 0.3 is 0 Å². The molecule has 0 saturated heterocycles. The van der Waals surface area contributed by atoms with Crippen molar-refractivity contribution >= 4 is 0 Å². The largest absolute Gasteiger partial charge is 0.0617 e. The molecule has 0 aromatic rings. The van der Waals surface area contributed by atoms with Crippen molar-refractivity contribution in [2.45, 2.75) is 83.1 Å². The fourth-order valence-corrected chi connectivity index (χ4v) is 11.4. The topological polar surface area (TPSA) is 0 Å². The zero-order chi connectivity index (χ0) is 17.2. The fourth-order valence-electron chi connectivity index (χ4n) is 11.4. The van der Waals surface area contributed by atoms with Gasteiger partial charge in [-0.2, -0.15) is 0 Å². The van der Waals surface area contributed by atoms with Crippen molar-refractivity contribution in [2.24, 2.45) is 55.2 Å². The summed E-state index contributed by atoms with van der Waals surface area (Å²) >= 11 is 0. The van der Waals surface area contributed by atoms with Crippen LogP contribution in [0.3, 0.4) is 0 Å². The maximum absolute atomic E-state index is 2.68. The van der Waals surface area contributed by atoms with Crippen molar-refractivity contribution in [3.8, 4) is 0 Å². The smallest absolute Gasteiger partial charge is 0.0134 e. The van der Waals surface area contributed by atoms with Crippen LogP contribution >= 0.6 is 0 Å². The van der Waals surface area contributed by atoms with Crippen LogP contribution in [0, 0.1) is 55.2 Å². The van der Waals surface area contributed by atoms with Crippen molar-refractivity contribution < 1.29 is 0 Å². The van der Waals surface area contributed by atoms with Gasteiger partial charge in [-0.05, 0) is 55.2 Å². The summed E-state index contributed by atoms with van der Waals surface area (Å²) in [5.41, 5.74) is 3.69. The summed E-state index contributed by atoms with van der Waals surface area (Å²) in [5.74, 6) is 1.72. The van der Waals surface area contributed by atoms with Crippen LogP contribution in [0.25, 0.3) is 0 Å². The second-order valence-electron chi connectivity index (χ2n) is 11.7. The summed E-state index contributed by atoms with van der Waals surface area (Å²) in [4.78, 5) is 0. The van der Waals surface area contributed by atoms with Crippen molar-refractivity contribution in [3.63, 3.8) is 0 Å². The van der Waals surface area contributed by atoms with Crippen LogP contribution in [-0.2, 0) is 0 Å². The van der Waals surface area contributed by atoms with E-state index < -0.39 is 0 Å². The lowest BCUT2D eigenvalue weighted by molar-refractivity contribution is -0.647. The molecule has 0 amide bonds. The van der Waals surface area contributed by atoms with E-state index in [1.54, 1.807) is 0 Å². The van der Waals surface area contributed by atoms with Crippen LogP contribution in [0.4, 0.5) is 0 Å². The van der Waals surface area contributed by atoms with E-state index in [4.69, 9.17) is 0 Å². The summed E-state index contributed by atoms with van der Waals surface area (Å²) in [7, 11) is 0. The molecule has 0 N–H and O–H groups in total. The highest BCUT2D eigenvalue weighted by Crippen LogP contribution is 3.12. The highest BCUT2D eigenvalue weighted by molar-refractivity contribution is 5.54. The highest BCUT2D eigenvalue weighted by atomic mass is 15.1. The van der Waals surface area contributed by atoms with Crippen LogP contribution in [0.5, 0.6) is 0 Å². The Morgan fingerprint density at radius 2 is 0.636 bits per heavy atom. The van der Waals surface area contributed by atoms with E-state index in [9.17, 15) is 0 Å². The molecule has 4 saturated carbocycles. The maximum Gasteiger partial charge on any atom is -0.0134 e. The third-order valence-corrected chi connectivity index (χ3v) is 13.8. The highest BCUT2D eigenvalue weighted by Gasteiger charge is 3.08. The van der Waals surface area contributed by atoms with Gasteiger partial charge in [-0.25, -0.2) is 0 Å². The molecular weight excluding hydrogens is 264 g/mol. The first-order chi connectivity index (χ1) is 9.57. The minimum Gasteiger partial charge on any atom is -0.0617 e. The third-order valence-electron chi connectivity index (χ3n) is 13.8. The molecule has 0 heteroatoms. The molecule has 8 unspecified atom stereocenters. The number of fused-ring (bicyclic) bond motifs is 7. The lowest BCUT2D eigenvalue weighted by atomic mass is 8.92. The van der Waals surface area contributed by atoms with E-state index in [0.717, 1.165) is 11.8 Å². The van der Waals surface area contributed by atoms with Gasteiger partial charge in [0.1, 0.15) is 0 Å². The van der Waals surface area contributed by atoms with Gasteiger partial charge < -0.3 is 0 Å². The summed E-state index contributed by atoms with van der Waals surface area (Å²) in [6, 6.07) is 0. The average molecular weight is 303 g/mol. The van der Waals surface area contributed by atoms with Gasteiger partial charge in [0.25, 0.3) is 0 Å². The summed E-state index contributed by atoms with van der Waals surface area (Å²) in [6.07, 6.45) is 0. The Morgan fingerprint density at radius 1 is 0.409 bits per heavy atom. The van der Waals surface area contributed by atoms with Crippen molar-refractivity contribution in [1.29, 1.82) is 0 Å². The van der Waals surface area contributed by atoms with Gasteiger partial charge in [0.2, 0.25) is 0 Å². The molecule has 4 fully saturated rings. The van der Waals surface area contributed by atoms with Crippen LogP contribution < -0.4 is 0 Å². The Morgan fingerprint density at radius 3 is 0.864 bits per heavy atom.